The zero-order valence-corrected chi connectivity index (χ0v) is 15.1. The molecule has 3 rings (SSSR count). The van der Waals surface area contributed by atoms with Crippen molar-refractivity contribution in [2.45, 2.75) is 19.9 Å². The summed E-state index contributed by atoms with van der Waals surface area (Å²) in [6.07, 6.45) is 0.558. The Balaban J connectivity index is 0.000000552. The van der Waals surface area contributed by atoms with Gasteiger partial charge < -0.3 is 21.3 Å². The molecular weight excluding hydrogens is 334 g/mol. The van der Waals surface area contributed by atoms with Crippen LogP contribution in [0.25, 0.3) is 0 Å². The minimum absolute atomic E-state index is 0.191. The van der Waals surface area contributed by atoms with Crippen LogP contribution in [0.3, 0.4) is 0 Å². The highest BCUT2D eigenvalue weighted by molar-refractivity contribution is 5.81. The molecule has 1 unspecified atom stereocenters. The summed E-state index contributed by atoms with van der Waals surface area (Å²) in [5, 5.41) is 0. The first-order valence-electron chi connectivity index (χ1n) is 8.75. The SMILES string of the molecule is CCN1CC(=O)N(CC2CC(=O)N(Cc3ccccc3)C2)C1.NC(N)=O. The van der Waals surface area contributed by atoms with Crippen LogP contribution in [-0.2, 0) is 16.1 Å². The van der Waals surface area contributed by atoms with Crippen LogP contribution in [0.2, 0.25) is 0 Å². The van der Waals surface area contributed by atoms with Gasteiger partial charge in [-0.15, -0.1) is 0 Å². The maximum absolute atomic E-state index is 12.2. The van der Waals surface area contributed by atoms with Gasteiger partial charge in [-0.05, 0) is 12.1 Å². The first kappa shape index (κ1) is 19.7. The molecule has 0 radical (unpaired) electrons. The number of urea groups is 1. The zero-order valence-electron chi connectivity index (χ0n) is 15.1. The topological polar surface area (TPSA) is 113 Å². The van der Waals surface area contributed by atoms with Crippen LogP contribution in [0.15, 0.2) is 30.3 Å². The van der Waals surface area contributed by atoms with E-state index >= 15 is 0 Å². The number of nitrogens with zero attached hydrogens (tertiary/aromatic N) is 3. The van der Waals surface area contributed by atoms with Crippen molar-refractivity contribution in [1.82, 2.24) is 14.7 Å². The van der Waals surface area contributed by atoms with Crippen molar-refractivity contribution in [3.8, 4) is 0 Å². The Morgan fingerprint density at radius 2 is 1.77 bits per heavy atom. The third-order valence-corrected chi connectivity index (χ3v) is 4.52. The Kier molecular flexibility index (Phi) is 6.97. The number of nitrogens with two attached hydrogens (primary N) is 2. The van der Waals surface area contributed by atoms with Crippen LogP contribution in [0.5, 0.6) is 0 Å². The minimum Gasteiger partial charge on any atom is -0.352 e. The molecule has 2 aliphatic heterocycles. The molecule has 0 saturated carbocycles. The van der Waals surface area contributed by atoms with Gasteiger partial charge in [-0.1, -0.05) is 37.3 Å². The van der Waals surface area contributed by atoms with E-state index in [4.69, 9.17) is 4.79 Å². The lowest BCUT2D eigenvalue weighted by Crippen LogP contribution is -2.33. The number of rotatable bonds is 5. The molecule has 1 aromatic rings. The smallest absolute Gasteiger partial charge is 0.309 e. The Labute approximate surface area is 153 Å². The van der Waals surface area contributed by atoms with Crippen LogP contribution in [-0.4, -0.2) is 65.4 Å². The van der Waals surface area contributed by atoms with Gasteiger partial charge in [0, 0.05) is 32.0 Å². The summed E-state index contributed by atoms with van der Waals surface area (Å²) in [7, 11) is 0. The summed E-state index contributed by atoms with van der Waals surface area (Å²) < 4.78 is 0. The van der Waals surface area contributed by atoms with Crippen molar-refractivity contribution in [3.05, 3.63) is 35.9 Å². The van der Waals surface area contributed by atoms with Gasteiger partial charge in [0.1, 0.15) is 0 Å². The lowest BCUT2D eigenvalue weighted by Gasteiger charge is -2.21. The molecule has 142 valence electrons. The Bertz CT molecular complexity index is 633. The number of carbonyl (C=O) groups is 3. The van der Waals surface area contributed by atoms with Crippen LogP contribution in [0.4, 0.5) is 4.79 Å². The van der Waals surface area contributed by atoms with Crippen molar-refractivity contribution < 1.29 is 14.4 Å². The molecule has 8 nitrogen and oxygen atoms in total. The molecule has 0 bridgehead atoms. The molecule has 0 spiro atoms. The molecule has 4 N–H and O–H groups in total. The van der Waals surface area contributed by atoms with Crippen molar-refractivity contribution in [3.63, 3.8) is 0 Å². The second-order valence-electron chi connectivity index (χ2n) is 6.64. The highest BCUT2D eigenvalue weighted by Crippen LogP contribution is 2.22. The molecule has 1 aromatic carbocycles. The monoisotopic (exact) mass is 361 g/mol. The number of benzene rings is 1. The van der Waals surface area contributed by atoms with Crippen LogP contribution in [0.1, 0.15) is 18.9 Å². The second-order valence-corrected chi connectivity index (χ2v) is 6.64. The van der Waals surface area contributed by atoms with Crippen molar-refractivity contribution >= 4 is 17.8 Å². The van der Waals surface area contributed by atoms with Gasteiger partial charge in [0.25, 0.3) is 0 Å². The van der Waals surface area contributed by atoms with Crippen LogP contribution < -0.4 is 11.5 Å². The minimum atomic E-state index is -0.833. The van der Waals surface area contributed by atoms with E-state index < -0.39 is 6.03 Å². The predicted molar refractivity (Wildman–Crippen MR) is 97.6 cm³/mol. The molecule has 2 fully saturated rings. The fraction of sp³-hybridized carbons (Fsp3) is 0.500. The van der Waals surface area contributed by atoms with E-state index in [9.17, 15) is 9.59 Å². The average Bonchev–Trinajstić information content (AvgIpc) is 3.11. The van der Waals surface area contributed by atoms with E-state index in [2.05, 4.69) is 23.3 Å². The average molecular weight is 361 g/mol. The molecule has 2 saturated heterocycles. The Morgan fingerprint density at radius 1 is 1.12 bits per heavy atom. The van der Waals surface area contributed by atoms with Gasteiger partial charge in [0.05, 0.1) is 13.2 Å². The van der Waals surface area contributed by atoms with Crippen LogP contribution in [0, 0.1) is 5.92 Å². The molecule has 2 heterocycles. The summed E-state index contributed by atoms with van der Waals surface area (Å²) in [5.74, 6) is 0.653. The predicted octanol–water partition coefficient (Wildman–Crippen LogP) is 0.181. The van der Waals surface area contributed by atoms with E-state index in [0.29, 0.717) is 32.7 Å². The molecule has 26 heavy (non-hydrogen) atoms. The quantitative estimate of drug-likeness (QED) is 0.779. The number of hydrogen-bond acceptors (Lipinski definition) is 4. The highest BCUT2D eigenvalue weighted by Gasteiger charge is 2.34. The van der Waals surface area contributed by atoms with E-state index in [1.54, 1.807) is 0 Å². The number of carbonyl (C=O) groups excluding carboxylic acids is 3. The van der Waals surface area contributed by atoms with Gasteiger partial charge in [0.15, 0.2) is 0 Å². The molecule has 4 amide bonds. The lowest BCUT2D eigenvalue weighted by atomic mass is 10.1. The Hall–Kier alpha value is -2.61. The first-order valence-corrected chi connectivity index (χ1v) is 8.75. The molecule has 8 heteroatoms. The normalized spacial score (nSPS) is 20.3. The standard InChI is InChI=1S/C17H23N3O2.CH4N2O/c1-2-18-12-17(22)20(13-18)11-15-8-16(21)19(10-15)9-14-6-4-3-5-7-14;2-1(3)4/h3-7,15H,2,8-13H2,1H3;(H4,2,3,4). The summed E-state index contributed by atoms with van der Waals surface area (Å²) in [6, 6.07) is 9.23. The summed E-state index contributed by atoms with van der Waals surface area (Å²) in [5.41, 5.74) is 9.66. The van der Waals surface area contributed by atoms with Crippen molar-refractivity contribution in [2.24, 2.45) is 17.4 Å². The number of likely N-dealkylation sites (N-methyl/N-ethyl adjacent to an activating group) is 1. The summed E-state index contributed by atoms with van der Waals surface area (Å²) in [6.45, 7) is 6.31. The maximum Gasteiger partial charge on any atom is 0.309 e. The largest absolute Gasteiger partial charge is 0.352 e. The van der Waals surface area contributed by atoms with Crippen LogP contribution >= 0.6 is 0 Å². The number of amides is 4. The van der Waals surface area contributed by atoms with Crippen molar-refractivity contribution in [1.29, 1.82) is 0 Å². The van der Waals surface area contributed by atoms with E-state index in [-0.39, 0.29) is 17.7 Å². The van der Waals surface area contributed by atoms with Gasteiger partial charge >= 0.3 is 6.03 Å². The van der Waals surface area contributed by atoms with Gasteiger partial charge in [-0.2, -0.15) is 0 Å². The molecule has 0 aromatic heterocycles. The number of likely N-dealkylation sites (tertiary alicyclic amines) is 1. The zero-order chi connectivity index (χ0) is 19.1. The third kappa shape index (κ3) is 5.73. The summed E-state index contributed by atoms with van der Waals surface area (Å²) in [4.78, 5) is 39.1. The maximum atomic E-state index is 12.2. The fourth-order valence-corrected chi connectivity index (χ4v) is 3.28. The highest BCUT2D eigenvalue weighted by atomic mass is 16.2. The molecular formula is C18H27N5O3. The second kappa shape index (κ2) is 9.19. The molecule has 2 aliphatic rings. The van der Waals surface area contributed by atoms with Gasteiger partial charge in [-0.25, -0.2) is 4.79 Å². The van der Waals surface area contributed by atoms with Gasteiger partial charge in [-0.3, -0.25) is 14.5 Å². The van der Waals surface area contributed by atoms with Crippen molar-refractivity contribution in [2.75, 3.05) is 32.8 Å². The molecule has 1 atom stereocenters. The number of hydrogen-bond donors (Lipinski definition) is 2. The fourth-order valence-electron chi connectivity index (χ4n) is 3.28. The first-order chi connectivity index (χ1) is 12.4. The van der Waals surface area contributed by atoms with E-state index in [1.807, 2.05) is 40.1 Å². The van der Waals surface area contributed by atoms with E-state index in [1.165, 1.54) is 0 Å². The number of primary amides is 2. The summed E-state index contributed by atoms with van der Waals surface area (Å²) >= 11 is 0. The Morgan fingerprint density at radius 3 is 2.35 bits per heavy atom. The molecule has 0 aliphatic carbocycles. The van der Waals surface area contributed by atoms with E-state index in [0.717, 1.165) is 18.7 Å². The third-order valence-electron chi connectivity index (χ3n) is 4.52. The van der Waals surface area contributed by atoms with Gasteiger partial charge in [0.2, 0.25) is 11.8 Å². The lowest BCUT2D eigenvalue weighted by molar-refractivity contribution is -0.129.